The third-order valence-electron chi connectivity index (χ3n) is 6.39. The molecular formula is C31H23N3. The van der Waals surface area contributed by atoms with Gasteiger partial charge in [0.2, 0.25) is 0 Å². The first-order valence-corrected chi connectivity index (χ1v) is 11.5. The Labute approximate surface area is 198 Å². The molecule has 0 aliphatic heterocycles. The van der Waals surface area contributed by atoms with Crippen LogP contribution in [0.5, 0.6) is 0 Å². The second-order valence-corrected chi connectivity index (χ2v) is 8.56. The van der Waals surface area contributed by atoms with E-state index in [-0.39, 0.29) is 0 Å². The highest BCUT2D eigenvalue weighted by atomic mass is 14.7. The maximum Gasteiger partial charge on any atom is 0.0970 e. The van der Waals surface area contributed by atoms with Crippen molar-refractivity contribution >= 4 is 38.3 Å². The number of nitrogens with zero attached hydrogens (tertiary/aromatic N) is 3. The summed E-state index contributed by atoms with van der Waals surface area (Å²) in [5, 5.41) is 4.67. The monoisotopic (exact) mass is 437 g/mol. The van der Waals surface area contributed by atoms with Gasteiger partial charge in [-0.3, -0.25) is 15.0 Å². The van der Waals surface area contributed by atoms with E-state index in [0.717, 1.165) is 27.5 Å². The van der Waals surface area contributed by atoms with Crippen LogP contribution in [0.25, 0.3) is 43.7 Å². The quantitative estimate of drug-likeness (QED) is 0.210. The number of fused-ring (bicyclic) bond motifs is 4. The molecule has 3 nitrogen and oxygen atoms in total. The lowest BCUT2D eigenvalue weighted by Gasteiger charge is -2.10. The SMILES string of the molecule is C/C(=N\Cc1ccc2cc(-c3ccnc4c3ccc3cccnc34)ccc2c1)c1ccccc1. The van der Waals surface area contributed by atoms with Gasteiger partial charge in [-0.05, 0) is 64.2 Å². The summed E-state index contributed by atoms with van der Waals surface area (Å²) < 4.78 is 0. The van der Waals surface area contributed by atoms with Gasteiger partial charge in [-0.15, -0.1) is 0 Å². The fourth-order valence-corrected chi connectivity index (χ4v) is 4.55. The van der Waals surface area contributed by atoms with Gasteiger partial charge in [-0.25, -0.2) is 0 Å². The first kappa shape index (κ1) is 20.3. The van der Waals surface area contributed by atoms with Crippen molar-refractivity contribution in [1.82, 2.24) is 9.97 Å². The molecular weight excluding hydrogens is 414 g/mol. The normalized spacial score (nSPS) is 12.0. The van der Waals surface area contributed by atoms with Gasteiger partial charge in [0.25, 0.3) is 0 Å². The fourth-order valence-electron chi connectivity index (χ4n) is 4.55. The van der Waals surface area contributed by atoms with Gasteiger partial charge in [0.05, 0.1) is 17.6 Å². The standard InChI is InChI=1S/C31H23N3/c1-21(23-6-3-2-4-7-23)34-20-22-9-10-26-19-27(12-11-25(26)18-22)28-15-17-33-31-29(28)14-13-24-8-5-16-32-30(24)31/h2-19H,20H2,1H3/b34-21+. The van der Waals surface area contributed by atoms with Gasteiger partial charge in [0.1, 0.15) is 0 Å². The molecule has 0 atom stereocenters. The van der Waals surface area contributed by atoms with Crippen molar-refractivity contribution in [3.05, 3.63) is 121 Å². The summed E-state index contributed by atoms with van der Waals surface area (Å²) in [5.41, 5.74) is 7.68. The molecule has 0 spiro atoms. The van der Waals surface area contributed by atoms with E-state index in [1.54, 1.807) is 0 Å². The summed E-state index contributed by atoms with van der Waals surface area (Å²) >= 11 is 0. The summed E-state index contributed by atoms with van der Waals surface area (Å²) in [7, 11) is 0. The maximum absolute atomic E-state index is 4.80. The van der Waals surface area contributed by atoms with E-state index in [1.807, 2.05) is 36.7 Å². The van der Waals surface area contributed by atoms with E-state index in [9.17, 15) is 0 Å². The van der Waals surface area contributed by atoms with Gasteiger partial charge >= 0.3 is 0 Å². The van der Waals surface area contributed by atoms with Crippen LogP contribution >= 0.6 is 0 Å². The van der Waals surface area contributed by atoms with Gasteiger partial charge in [0.15, 0.2) is 0 Å². The Kier molecular flexibility index (Phi) is 5.08. The Morgan fingerprint density at radius 3 is 2.38 bits per heavy atom. The molecule has 4 aromatic carbocycles. The molecule has 0 aliphatic carbocycles. The van der Waals surface area contributed by atoms with Crippen LogP contribution in [0.15, 0.2) is 114 Å². The van der Waals surface area contributed by atoms with Crippen molar-refractivity contribution in [1.29, 1.82) is 0 Å². The second-order valence-electron chi connectivity index (χ2n) is 8.56. The predicted molar refractivity (Wildman–Crippen MR) is 142 cm³/mol. The van der Waals surface area contributed by atoms with E-state index in [2.05, 4.69) is 89.7 Å². The van der Waals surface area contributed by atoms with Crippen LogP contribution in [-0.2, 0) is 6.54 Å². The summed E-state index contributed by atoms with van der Waals surface area (Å²) in [6.07, 6.45) is 3.71. The predicted octanol–water partition coefficient (Wildman–Crippen LogP) is 7.61. The summed E-state index contributed by atoms with van der Waals surface area (Å²) in [4.78, 5) is 14.0. The molecule has 0 fully saturated rings. The van der Waals surface area contributed by atoms with Crippen LogP contribution in [0.1, 0.15) is 18.1 Å². The highest BCUT2D eigenvalue weighted by Gasteiger charge is 2.09. The Morgan fingerprint density at radius 1 is 0.676 bits per heavy atom. The lowest BCUT2D eigenvalue weighted by atomic mass is 9.97. The highest BCUT2D eigenvalue weighted by Crippen LogP contribution is 2.32. The largest absolute Gasteiger partial charge is 0.285 e. The third kappa shape index (κ3) is 3.71. The molecule has 0 unspecified atom stereocenters. The number of pyridine rings is 2. The Morgan fingerprint density at radius 2 is 1.47 bits per heavy atom. The topological polar surface area (TPSA) is 38.1 Å². The molecule has 0 saturated carbocycles. The van der Waals surface area contributed by atoms with Crippen molar-refractivity contribution in [3.8, 4) is 11.1 Å². The summed E-state index contributed by atoms with van der Waals surface area (Å²) in [6, 6.07) is 34.0. The number of rotatable bonds is 4. The van der Waals surface area contributed by atoms with Crippen LogP contribution in [-0.4, -0.2) is 15.7 Å². The zero-order valence-electron chi connectivity index (χ0n) is 18.9. The number of aliphatic imine (C=N–C) groups is 1. The van der Waals surface area contributed by atoms with E-state index in [1.165, 1.54) is 33.0 Å². The first-order chi connectivity index (χ1) is 16.8. The molecule has 0 saturated heterocycles. The van der Waals surface area contributed by atoms with Gasteiger partial charge in [-0.2, -0.15) is 0 Å². The van der Waals surface area contributed by atoms with Crippen molar-refractivity contribution in [3.63, 3.8) is 0 Å². The minimum atomic E-state index is 0.674. The van der Waals surface area contributed by atoms with Gasteiger partial charge in [0, 0.05) is 28.9 Å². The van der Waals surface area contributed by atoms with Crippen LogP contribution < -0.4 is 0 Å². The molecule has 162 valence electrons. The third-order valence-corrected chi connectivity index (χ3v) is 6.39. The molecule has 34 heavy (non-hydrogen) atoms. The lowest BCUT2D eigenvalue weighted by molar-refractivity contribution is 1.07. The van der Waals surface area contributed by atoms with Crippen LogP contribution in [0.2, 0.25) is 0 Å². The molecule has 0 bridgehead atoms. The van der Waals surface area contributed by atoms with Gasteiger partial charge < -0.3 is 0 Å². The molecule has 0 amide bonds. The zero-order valence-corrected chi connectivity index (χ0v) is 18.9. The molecule has 0 radical (unpaired) electrons. The fraction of sp³-hybridized carbons (Fsp3) is 0.0645. The number of hydrogen-bond donors (Lipinski definition) is 0. The molecule has 0 aliphatic rings. The van der Waals surface area contributed by atoms with Crippen molar-refractivity contribution in [2.45, 2.75) is 13.5 Å². The van der Waals surface area contributed by atoms with Crippen molar-refractivity contribution in [2.75, 3.05) is 0 Å². The zero-order chi connectivity index (χ0) is 22.9. The van der Waals surface area contributed by atoms with E-state index in [4.69, 9.17) is 4.99 Å². The summed E-state index contributed by atoms with van der Waals surface area (Å²) in [6.45, 7) is 2.74. The molecule has 6 rings (SSSR count). The van der Waals surface area contributed by atoms with Crippen LogP contribution in [0, 0.1) is 0 Å². The Bertz CT molecular complexity index is 1680. The average Bonchev–Trinajstić information content (AvgIpc) is 2.91. The van der Waals surface area contributed by atoms with E-state index >= 15 is 0 Å². The van der Waals surface area contributed by atoms with Crippen LogP contribution in [0.4, 0.5) is 0 Å². The minimum absolute atomic E-state index is 0.674. The first-order valence-electron chi connectivity index (χ1n) is 11.5. The molecule has 2 heterocycles. The molecule has 0 N–H and O–H groups in total. The van der Waals surface area contributed by atoms with E-state index < -0.39 is 0 Å². The van der Waals surface area contributed by atoms with Gasteiger partial charge in [-0.1, -0.05) is 72.8 Å². The van der Waals surface area contributed by atoms with Crippen molar-refractivity contribution < 1.29 is 0 Å². The van der Waals surface area contributed by atoms with E-state index in [0.29, 0.717) is 6.54 Å². The number of hydrogen-bond acceptors (Lipinski definition) is 3. The minimum Gasteiger partial charge on any atom is -0.285 e. The lowest BCUT2D eigenvalue weighted by Crippen LogP contribution is -1.95. The maximum atomic E-state index is 4.80. The Hall–Kier alpha value is -4.37. The number of aromatic nitrogens is 2. The molecule has 3 heteroatoms. The molecule has 2 aromatic heterocycles. The summed E-state index contributed by atoms with van der Waals surface area (Å²) in [5.74, 6) is 0. The van der Waals surface area contributed by atoms with Crippen molar-refractivity contribution in [2.24, 2.45) is 4.99 Å². The Balaban J connectivity index is 1.35. The number of benzene rings is 4. The average molecular weight is 438 g/mol. The smallest absolute Gasteiger partial charge is 0.0970 e. The highest BCUT2D eigenvalue weighted by molar-refractivity contribution is 6.08. The van der Waals surface area contributed by atoms with Crippen LogP contribution in [0.3, 0.4) is 0 Å². The molecule has 6 aromatic rings. The second kappa shape index (κ2) is 8.53.